The van der Waals surface area contributed by atoms with E-state index in [1.807, 2.05) is 0 Å². The van der Waals surface area contributed by atoms with E-state index in [1.54, 1.807) is 30.6 Å². The van der Waals surface area contributed by atoms with E-state index >= 15 is 0 Å². The normalized spacial score (nSPS) is 10.1. The van der Waals surface area contributed by atoms with Crippen molar-refractivity contribution in [2.75, 3.05) is 5.32 Å². The highest BCUT2D eigenvalue weighted by atomic mass is 79.9. The quantitative estimate of drug-likeness (QED) is 0.895. The first-order chi connectivity index (χ1) is 7.66. The van der Waals surface area contributed by atoms with E-state index in [2.05, 4.69) is 31.2 Å². The van der Waals surface area contributed by atoms with Gasteiger partial charge < -0.3 is 4.98 Å². The van der Waals surface area contributed by atoms with E-state index in [-0.39, 0.29) is 5.91 Å². The number of halogens is 2. The lowest BCUT2D eigenvalue weighted by Crippen LogP contribution is -2.13. The number of aromatic nitrogens is 2. The minimum Gasteiger partial charge on any atom is -0.331 e. The second kappa shape index (κ2) is 4.67. The van der Waals surface area contributed by atoms with Gasteiger partial charge in [-0.1, -0.05) is 27.5 Å². The summed E-state index contributed by atoms with van der Waals surface area (Å²) in [5.74, 6) is 0.0855. The fourth-order valence-corrected chi connectivity index (χ4v) is 1.74. The lowest BCUT2D eigenvalue weighted by atomic mass is 10.2. The van der Waals surface area contributed by atoms with Crippen molar-refractivity contribution in [3.05, 3.63) is 45.7 Å². The van der Waals surface area contributed by atoms with Crippen LogP contribution in [0.5, 0.6) is 0 Å². The van der Waals surface area contributed by atoms with E-state index in [4.69, 9.17) is 11.6 Å². The Morgan fingerprint density at radius 1 is 1.50 bits per heavy atom. The summed E-state index contributed by atoms with van der Waals surface area (Å²) in [6.45, 7) is 0. The van der Waals surface area contributed by atoms with Gasteiger partial charge in [0.1, 0.15) is 0 Å². The van der Waals surface area contributed by atoms with Gasteiger partial charge in [-0.25, -0.2) is 4.98 Å². The van der Waals surface area contributed by atoms with Crippen LogP contribution in [0.2, 0.25) is 5.02 Å². The number of carbonyl (C=O) groups is 1. The van der Waals surface area contributed by atoms with Crippen LogP contribution in [0.25, 0.3) is 0 Å². The van der Waals surface area contributed by atoms with Crippen molar-refractivity contribution < 1.29 is 4.79 Å². The van der Waals surface area contributed by atoms with Crippen molar-refractivity contribution in [3.8, 4) is 0 Å². The molecule has 4 nitrogen and oxygen atoms in total. The maximum absolute atomic E-state index is 11.8. The van der Waals surface area contributed by atoms with Crippen molar-refractivity contribution in [2.24, 2.45) is 0 Å². The summed E-state index contributed by atoms with van der Waals surface area (Å²) in [7, 11) is 0. The number of H-pyrrole nitrogens is 1. The van der Waals surface area contributed by atoms with Gasteiger partial charge in [0.25, 0.3) is 5.91 Å². The number of amides is 1. The van der Waals surface area contributed by atoms with Gasteiger partial charge >= 0.3 is 0 Å². The van der Waals surface area contributed by atoms with Crippen molar-refractivity contribution in [1.29, 1.82) is 0 Å². The zero-order valence-corrected chi connectivity index (χ0v) is 10.3. The fraction of sp³-hybridized carbons (Fsp3) is 0. The summed E-state index contributed by atoms with van der Waals surface area (Å²) in [6, 6.07) is 5.08. The van der Waals surface area contributed by atoms with Gasteiger partial charge in [-0.3, -0.25) is 10.1 Å². The predicted molar refractivity (Wildman–Crippen MR) is 65.7 cm³/mol. The molecule has 0 aliphatic rings. The van der Waals surface area contributed by atoms with Crippen molar-refractivity contribution >= 4 is 39.4 Å². The first-order valence-electron chi connectivity index (χ1n) is 4.42. The molecular formula is C10H7BrClN3O. The van der Waals surface area contributed by atoms with Gasteiger partial charge in [0.15, 0.2) is 0 Å². The summed E-state index contributed by atoms with van der Waals surface area (Å²) in [5.41, 5.74) is 0.396. The summed E-state index contributed by atoms with van der Waals surface area (Å²) in [5, 5.41) is 2.99. The average Bonchev–Trinajstić information content (AvgIpc) is 2.74. The molecule has 0 saturated carbocycles. The molecule has 2 rings (SSSR count). The number of carbonyl (C=O) groups excluding carboxylic acids is 1. The second-order valence-corrected chi connectivity index (χ2v) is 4.34. The molecule has 0 saturated heterocycles. The van der Waals surface area contributed by atoms with Crippen LogP contribution in [-0.4, -0.2) is 15.9 Å². The number of rotatable bonds is 2. The molecule has 1 amide bonds. The largest absolute Gasteiger partial charge is 0.331 e. The van der Waals surface area contributed by atoms with Crippen LogP contribution in [-0.2, 0) is 0 Å². The number of nitrogens with one attached hydrogen (secondary N) is 2. The summed E-state index contributed by atoms with van der Waals surface area (Å²) >= 11 is 9.20. The zero-order chi connectivity index (χ0) is 11.5. The molecule has 1 heterocycles. The van der Waals surface area contributed by atoms with Crippen LogP contribution in [0.3, 0.4) is 0 Å². The smallest absolute Gasteiger partial charge is 0.259 e. The Morgan fingerprint density at radius 2 is 2.31 bits per heavy atom. The molecule has 82 valence electrons. The Bertz CT molecular complexity index is 513. The minimum absolute atomic E-state index is 0.304. The van der Waals surface area contributed by atoms with Gasteiger partial charge in [-0.2, -0.15) is 0 Å². The second-order valence-electron chi connectivity index (χ2n) is 3.02. The summed E-state index contributed by atoms with van der Waals surface area (Å²) in [4.78, 5) is 18.5. The predicted octanol–water partition coefficient (Wildman–Crippen LogP) is 3.08. The van der Waals surface area contributed by atoms with Crippen molar-refractivity contribution in [3.63, 3.8) is 0 Å². The van der Waals surface area contributed by atoms with E-state index in [0.717, 1.165) is 4.47 Å². The third kappa shape index (κ3) is 2.43. The third-order valence-corrected chi connectivity index (χ3v) is 2.73. The maximum Gasteiger partial charge on any atom is 0.259 e. The fourth-order valence-electron chi connectivity index (χ4n) is 1.18. The maximum atomic E-state index is 11.8. The molecular weight excluding hydrogens is 293 g/mol. The first kappa shape index (κ1) is 11.2. The standard InChI is InChI=1S/C10H7BrClN3O/c11-6-1-2-8(12)7(5-6)9(16)15-10-13-3-4-14-10/h1-5H,(H2,13,14,15,16). The molecule has 0 radical (unpaired) electrons. The SMILES string of the molecule is O=C(Nc1ncc[nH]1)c1cc(Br)ccc1Cl. The Hall–Kier alpha value is -1.33. The Balaban J connectivity index is 2.24. The number of hydrogen-bond donors (Lipinski definition) is 2. The molecule has 1 aromatic carbocycles. The van der Waals surface area contributed by atoms with E-state index in [1.165, 1.54) is 0 Å². The number of hydrogen-bond acceptors (Lipinski definition) is 2. The minimum atomic E-state index is -0.304. The highest BCUT2D eigenvalue weighted by Crippen LogP contribution is 2.21. The van der Waals surface area contributed by atoms with Gasteiger partial charge in [0.05, 0.1) is 10.6 Å². The van der Waals surface area contributed by atoms with E-state index in [9.17, 15) is 4.79 Å². The number of imidazole rings is 1. The van der Waals surface area contributed by atoms with E-state index < -0.39 is 0 Å². The molecule has 0 fully saturated rings. The van der Waals surface area contributed by atoms with Crippen LogP contribution in [0.15, 0.2) is 35.1 Å². The Morgan fingerprint density at radius 3 is 3.00 bits per heavy atom. The van der Waals surface area contributed by atoms with Gasteiger partial charge in [0, 0.05) is 16.9 Å². The highest BCUT2D eigenvalue weighted by Gasteiger charge is 2.11. The van der Waals surface area contributed by atoms with Gasteiger partial charge in [-0.05, 0) is 18.2 Å². The van der Waals surface area contributed by atoms with Crippen LogP contribution in [0, 0.1) is 0 Å². The van der Waals surface area contributed by atoms with Gasteiger partial charge in [0.2, 0.25) is 5.95 Å². The molecule has 0 aliphatic carbocycles. The Kier molecular flexibility index (Phi) is 3.26. The average molecular weight is 301 g/mol. The lowest BCUT2D eigenvalue weighted by molar-refractivity contribution is 0.102. The molecule has 2 N–H and O–H groups in total. The van der Waals surface area contributed by atoms with E-state index in [0.29, 0.717) is 16.5 Å². The number of nitrogens with zero attached hydrogens (tertiary/aromatic N) is 1. The van der Waals surface area contributed by atoms with Crippen LogP contribution >= 0.6 is 27.5 Å². The zero-order valence-electron chi connectivity index (χ0n) is 8.00. The molecule has 0 spiro atoms. The molecule has 16 heavy (non-hydrogen) atoms. The van der Waals surface area contributed by atoms with Crippen LogP contribution in [0.1, 0.15) is 10.4 Å². The van der Waals surface area contributed by atoms with Crippen LogP contribution < -0.4 is 5.32 Å². The first-order valence-corrected chi connectivity index (χ1v) is 5.59. The molecule has 0 atom stereocenters. The topological polar surface area (TPSA) is 57.8 Å². The lowest BCUT2D eigenvalue weighted by Gasteiger charge is -2.04. The third-order valence-electron chi connectivity index (χ3n) is 1.90. The van der Waals surface area contributed by atoms with Crippen molar-refractivity contribution in [2.45, 2.75) is 0 Å². The highest BCUT2D eigenvalue weighted by molar-refractivity contribution is 9.10. The molecule has 2 aromatic rings. The summed E-state index contributed by atoms with van der Waals surface area (Å²) < 4.78 is 0.793. The van der Waals surface area contributed by atoms with Gasteiger partial charge in [-0.15, -0.1) is 0 Å². The number of benzene rings is 1. The number of aromatic amines is 1. The Labute approximate surface area is 105 Å². The molecule has 0 bridgehead atoms. The monoisotopic (exact) mass is 299 g/mol. The molecule has 0 unspecified atom stereocenters. The van der Waals surface area contributed by atoms with Crippen molar-refractivity contribution in [1.82, 2.24) is 9.97 Å². The number of anilines is 1. The molecule has 6 heteroatoms. The summed E-state index contributed by atoms with van der Waals surface area (Å²) in [6.07, 6.45) is 3.18. The molecule has 0 aliphatic heterocycles. The van der Waals surface area contributed by atoms with Crippen LogP contribution in [0.4, 0.5) is 5.95 Å². The molecule has 1 aromatic heterocycles.